The fourth-order valence-electron chi connectivity index (χ4n) is 3.33. The SMILES string of the molecule is CCCCCCCCCCCCCCCc1cc(O)c(S(=O)(=O)[O-])cc1O.[Na+]. The third-order valence-corrected chi connectivity index (χ3v) is 5.84. The van der Waals surface area contributed by atoms with Crippen LogP contribution in [0.1, 0.15) is 96.0 Å². The summed E-state index contributed by atoms with van der Waals surface area (Å²) in [5.74, 6) is -0.839. The van der Waals surface area contributed by atoms with E-state index in [9.17, 15) is 23.2 Å². The van der Waals surface area contributed by atoms with Crippen molar-refractivity contribution in [1.82, 2.24) is 0 Å². The van der Waals surface area contributed by atoms with Crippen molar-refractivity contribution in [2.24, 2.45) is 0 Å². The van der Waals surface area contributed by atoms with E-state index in [1.807, 2.05) is 0 Å². The largest absolute Gasteiger partial charge is 1.00 e. The quantitative estimate of drug-likeness (QED) is 0.196. The first-order chi connectivity index (χ1) is 12.9. The van der Waals surface area contributed by atoms with Gasteiger partial charge in [0.15, 0.2) is 0 Å². The standard InChI is InChI=1S/C21H36O5S.Na/c1-2-3-4-5-6-7-8-9-10-11-12-13-14-15-18-16-20(23)21(17-19(18)22)27(24,25)26;/h16-17,22-23H,2-15H2,1H3,(H,24,25,26);/q;+1/p-1. The van der Waals surface area contributed by atoms with Crippen molar-refractivity contribution < 1.29 is 52.7 Å². The molecule has 0 aliphatic heterocycles. The van der Waals surface area contributed by atoms with Gasteiger partial charge in [-0.2, -0.15) is 0 Å². The molecule has 0 saturated heterocycles. The number of aryl methyl sites for hydroxylation is 1. The number of aromatic hydroxyl groups is 2. The summed E-state index contributed by atoms with van der Waals surface area (Å²) in [6.07, 6.45) is 16.8. The Labute approximate surface area is 193 Å². The Morgan fingerprint density at radius 2 is 1.18 bits per heavy atom. The van der Waals surface area contributed by atoms with Crippen molar-refractivity contribution in [2.75, 3.05) is 0 Å². The van der Waals surface area contributed by atoms with Gasteiger partial charge in [-0.25, -0.2) is 8.42 Å². The number of rotatable bonds is 15. The summed E-state index contributed by atoms with van der Waals surface area (Å²) >= 11 is 0. The Morgan fingerprint density at radius 1 is 0.750 bits per heavy atom. The predicted octanol–water partition coefficient (Wildman–Crippen LogP) is 2.64. The van der Waals surface area contributed by atoms with Crippen LogP contribution in [0.4, 0.5) is 0 Å². The van der Waals surface area contributed by atoms with E-state index in [0.29, 0.717) is 12.0 Å². The number of unbranched alkanes of at least 4 members (excludes halogenated alkanes) is 12. The molecule has 0 saturated carbocycles. The van der Waals surface area contributed by atoms with Crippen molar-refractivity contribution in [3.05, 3.63) is 17.7 Å². The van der Waals surface area contributed by atoms with Gasteiger partial charge in [0.25, 0.3) is 0 Å². The summed E-state index contributed by atoms with van der Waals surface area (Å²) in [5.41, 5.74) is 0.475. The fraction of sp³-hybridized carbons (Fsp3) is 0.714. The molecule has 7 heteroatoms. The molecule has 0 radical (unpaired) electrons. The zero-order valence-electron chi connectivity index (χ0n) is 17.6. The van der Waals surface area contributed by atoms with Gasteiger partial charge < -0.3 is 14.8 Å². The monoisotopic (exact) mass is 422 g/mol. The van der Waals surface area contributed by atoms with Crippen LogP contribution >= 0.6 is 0 Å². The summed E-state index contributed by atoms with van der Waals surface area (Å²) in [4.78, 5) is -0.769. The molecule has 0 amide bonds. The van der Waals surface area contributed by atoms with Gasteiger partial charge in [0.05, 0.1) is 4.90 Å². The molecule has 0 aliphatic rings. The molecule has 1 aromatic carbocycles. The molecule has 5 nitrogen and oxygen atoms in total. The van der Waals surface area contributed by atoms with Crippen LogP contribution in [0.2, 0.25) is 0 Å². The van der Waals surface area contributed by atoms with E-state index in [4.69, 9.17) is 0 Å². The van der Waals surface area contributed by atoms with Crippen LogP contribution in [-0.2, 0) is 16.5 Å². The summed E-state index contributed by atoms with van der Waals surface area (Å²) in [6.45, 7) is 2.24. The van der Waals surface area contributed by atoms with Crippen molar-refractivity contribution in [2.45, 2.75) is 102 Å². The van der Waals surface area contributed by atoms with Crippen LogP contribution in [0.5, 0.6) is 11.5 Å². The average molecular weight is 423 g/mol. The van der Waals surface area contributed by atoms with Crippen molar-refractivity contribution >= 4 is 10.1 Å². The third-order valence-electron chi connectivity index (χ3n) is 4.98. The molecule has 156 valence electrons. The summed E-state index contributed by atoms with van der Waals surface area (Å²) in [7, 11) is -4.78. The van der Waals surface area contributed by atoms with Gasteiger partial charge in [0.2, 0.25) is 0 Å². The molecule has 2 N–H and O–H groups in total. The van der Waals surface area contributed by atoms with Crippen molar-refractivity contribution in [3.63, 3.8) is 0 Å². The molecular weight excluding hydrogens is 387 g/mol. The first kappa shape index (κ1) is 27.7. The van der Waals surface area contributed by atoms with Gasteiger partial charge in [-0.1, -0.05) is 84.0 Å². The third kappa shape index (κ3) is 11.7. The number of benzene rings is 1. The second kappa shape index (κ2) is 15.6. The normalized spacial score (nSPS) is 11.4. The Bertz CT molecular complexity index is 646. The van der Waals surface area contributed by atoms with E-state index >= 15 is 0 Å². The maximum absolute atomic E-state index is 11.0. The molecule has 0 atom stereocenters. The molecule has 0 bridgehead atoms. The fourth-order valence-corrected chi connectivity index (χ4v) is 3.91. The molecule has 0 spiro atoms. The molecule has 1 aromatic rings. The molecule has 0 fully saturated rings. The Morgan fingerprint density at radius 3 is 1.61 bits per heavy atom. The second-order valence-electron chi connectivity index (χ2n) is 7.40. The van der Waals surface area contributed by atoms with Gasteiger partial charge in [-0.05, 0) is 24.5 Å². The van der Waals surface area contributed by atoms with Gasteiger partial charge in [-0.3, -0.25) is 0 Å². The minimum Gasteiger partial charge on any atom is -0.744 e. The maximum atomic E-state index is 11.0. The Kier molecular flexibility index (Phi) is 15.4. The van der Waals surface area contributed by atoms with Gasteiger partial charge >= 0.3 is 29.6 Å². The van der Waals surface area contributed by atoms with Crippen molar-refractivity contribution in [3.8, 4) is 11.5 Å². The van der Waals surface area contributed by atoms with E-state index in [1.165, 1.54) is 70.3 Å². The van der Waals surface area contributed by atoms with E-state index in [-0.39, 0.29) is 35.3 Å². The van der Waals surface area contributed by atoms with Crippen LogP contribution in [0.15, 0.2) is 17.0 Å². The summed E-state index contributed by atoms with van der Waals surface area (Å²) < 4.78 is 32.9. The molecule has 0 aliphatic carbocycles. The maximum Gasteiger partial charge on any atom is 1.00 e. The van der Waals surface area contributed by atoms with E-state index < -0.39 is 20.8 Å². The topological polar surface area (TPSA) is 97.7 Å². The van der Waals surface area contributed by atoms with Crippen LogP contribution < -0.4 is 29.6 Å². The Balaban J connectivity index is 0.00000729. The second-order valence-corrected chi connectivity index (χ2v) is 8.74. The van der Waals surface area contributed by atoms with E-state index in [2.05, 4.69) is 6.92 Å². The van der Waals surface area contributed by atoms with E-state index in [0.717, 1.165) is 25.3 Å². The average Bonchev–Trinajstić information content (AvgIpc) is 2.60. The molecule has 0 aromatic heterocycles. The molecule has 0 heterocycles. The van der Waals surface area contributed by atoms with Gasteiger partial charge in [0, 0.05) is 6.07 Å². The van der Waals surface area contributed by atoms with Gasteiger partial charge in [-0.15, -0.1) is 0 Å². The number of hydrogen-bond donors (Lipinski definition) is 2. The van der Waals surface area contributed by atoms with E-state index in [1.54, 1.807) is 0 Å². The Hall–Kier alpha value is -0.270. The predicted molar refractivity (Wildman–Crippen MR) is 107 cm³/mol. The smallest absolute Gasteiger partial charge is 0.744 e. The zero-order valence-corrected chi connectivity index (χ0v) is 20.4. The van der Waals surface area contributed by atoms with Crippen LogP contribution in [0.3, 0.4) is 0 Å². The minimum absolute atomic E-state index is 0. The van der Waals surface area contributed by atoms with Crippen molar-refractivity contribution in [1.29, 1.82) is 0 Å². The number of hydrogen-bond acceptors (Lipinski definition) is 5. The summed E-state index contributed by atoms with van der Waals surface area (Å²) in [5, 5.41) is 19.5. The minimum atomic E-state index is -4.78. The zero-order chi connectivity index (χ0) is 20.1. The van der Waals surface area contributed by atoms with Crippen LogP contribution in [0, 0.1) is 0 Å². The molecule has 28 heavy (non-hydrogen) atoms. The van der Waals surface area contributed by atoms with Crippen LogP contribution in [0.25, 0.3) is 0 Å². The molecular formula is C21H35NaO5S. The summed E-state index contributed by atoms with van der Waals surface area (Å²) in [6, 6.07) is 2.02. The number of phenols is 2. The van der Waals surface area contributed by atoms with Crippen LogP contribution in [-0.4, -0.2) is 23.2 Å². The first-order valence-electron chi connectivity index (χ1n) is 10.4. The number of phenolic OH excluding ortho intramolecular Hbond substituents is 2. The first-order valence-corrected chi connectivity index (χ1v) is 11.8. The molecule has 0 unspecified atom stereocenters. The van der Waals surface area contributed by atoms with Gasteiger partial charge in [0.1, 0.15) is 21.6 Å². The molecule has 1 rings (SSSR count).